The first kappa shape index (κ1) is 12.7. The predicted octanol–water partition coefficient (Wildman–Crippen LogP) is 3.51. The molecule has 1 aromatic heterocycles. The Balaban J connectivity index is 1.64. The predicted molar refractivity (Wildman–Crippen MR) is 76.2 cm³/mol. The van der Waals surface area contributed by atoms with E-state index in [0.717, 1.165) is 30.9 Å². The Hall–Kier alpha value is -1.32. The van der Waals surface area contributed by atoms with E-state index in [0.29, 0.717) is 12.0 Å². The third kappa shape index (κ3) is 2.67. The smallest absolute Gasteiger partial charge is 0.134 e. The Morgan fingerprint density at radius 2 is 2.21 bits per heavy atom. The molecular weight excluding hydrogens is 238 g/mol. The number of para-hydroxylation sites is 1. The van der Waals surface area contributed by atoms with Gasteiger partial charge < -0.3 is 14.5 Å². The van der Waals surface area contributed by atoms with Crippen molar-refractivity contribution in [1.29, 1.82) is 0 Å². The third-order valence-corrected chi connectivity index (χ3v) is 4.09. The fourth-order valence-electron chi connectivity index (χ4n) is 2.69. The van der Waals surface area contributed by atoms with E-state index in [2.05, 4.69) is 31.3 Å². The SMILES string of the molecule is CC(NCC1CCOC1C)c1cc2ccccc2o1. The maximum absolute atomic E-state index is 5.88. The van der Waals surface area contributed by atoms with Gasteiger partial charge in [0.25, 0.3) is 0 Å². The lowest BCUT2D eigenvalue weighted by molar-refractivity contribution is 0.105. The molecule has 1 aliphatic heterocycles. The molecule has 1 aromatic carbocycles. The molecule has 0 aliphatic carbocycles. The fourth-order valence-corrected chi connectivity index (χ4v) is 2.69. The minimum absolute atomic E-state index is 0.236. The van der Waals surface area contributed by atoms with Crippen LogP contribution < -0.4 is 5.32 Å². The van der Waals surface area contributed by atoms with E-state index in [9.17, 15) is 0 Å². The summed E-state index contributed by atoms with van der Waals surface area (Å²) in [6.45, 7) is 6.19. The van der Waals surface area contributed by atoms with E-state index in [1.165, 1.54) is 5.39 Å². The van der Waals surface area contributed by atoms with Crippen LogP contribution in [0, 0.1) is 5.92 Å². The molecule has 3 heteroatoms. The number of benzene rings is 1. The standard InChI is InChI=1S/C16H21NO2/c1-11(17-10-14-7-8-18-12(14)2)16-9-13-5-3-4-6-15(13)19-16/h3-6,9,11-12,14,17H,7-8,10H2,1-2H3. The number of furan rings is 1. The van der Waals surface area contributed by atoms with Gasteiger partial charge in [-0.2, -0.15) is 0 Å². The van der Waals surface area contributed by atoms with E-state index >= 15 is 0 Å². The van der Waals surface area contributed by atoms with Crippen molar-refractivity contribution < 1.29 is 9.15 Å². The summed E-state index contributed by atoms with van der Waals surface area (Å²) in [6.07, 6.45) is 1.52. The van der Waals surface area contributed by atoms with Crippen LogP contribution in [0.5, 0.6) is 0 Å². The lowest BCUT2D eigenvalue weighted by atomic mass is 10.0. The summed E-state index contributed by atoms with van der Waals surface area (Å²) in [7, 11) is 0. The highest BCUT2D eigenvalue weighted by Gasteiger charge is 2.24. The molecule has 19 heavy (non-hydrogen) atoms. The summed E-state index contributed by atoms with van der Waals surface area (Å²) in [6, 6.07) is 10.5. The quantitative estimate of drug-likeness (QED) is 0.912. The monoisotopic (exact) mass is 259 g/mol. The van der Waals surface area contributed by atoms with Gasteiger partial charge in [0.05, 0.1) is 12.1 Å². The van der Waals surface area contributed by atoms with Crippen molar-refractivity contribution in [2.75, 3.05) is 13.2 Å². The summed E-state index contributed by atoms with van der Waals surface area (Å²) in [5.74, 6) is 1.62. The lowest BCUT2D eigenvalue weighted by Crippen LogP contribution is -2.28. The van der Waals surface area contributed by atoms with Crippen LogP contribution >= 0.6 is 0 Å². The molecule has 0 spiro atoms. The van der Waals surface area contributed by atoms with Gasteiger partial charge in [0.2, 0.25) is 0 Å². The maximum Gasteiger partial charge on any atom is 0.134 e. The minimum atomic E-state index is 0.236. The van der Waals surface area contributed by atoms with Crippen molar-refractivity contribution in [3.63, 3.8) is 0 Å². The fraction of sp³-hybridized carbons (Fsp3) is 0.500. The Morgan fingerprint density at radius 1 is 1.37 bits per heavy atom. The van der Waals surface area contributed by atoms with Crippen LogP contribution in [-0.2, 0) is 4.74 Å². The van der Waals surface area contributed by atoms with E-state index in [4.69, 9.17) is 9.15 Å². The van der Waals surface area contributed by atoms with Gasteiger partial charge in [0, 0.05) is 18.5 Å². The molecule has 0 bridgehead atoms. The summed E-state index contributed by atoms with van der Waals surface area (Å²) >= 11 is 0. The number of nitrogens with one attached hydrogen (secondary N) is 1. The second-order valence-electron chi connectivity index (χ2n) is 5.44. The molecule has 0 saturated carbocycles. The molecule has 102 valence electrons. The lowest BCUT2D eigenvalue weighted by Gasteiger charge is -2.17. The van der Waals surface area contributed by atoms with Crippen LogP contribution in [0.15, 0.2) is 34.7 Å². The molecule has 3 nitrogen and oxygen atoms in total. The number of rotatable bonds is 4. The van der Waals surface area contributed by atoms with Crippen LogP contribution in [-0.4, -0.2) is 19.3 Å². The molecule has 3 atom stereocenters. The highest BCUT2D eigenvalue weighted by Crippen LogP contribution is 2.25. The molecule has 0 amide bonds. The van der Waals surface area contributed by atoms with Crippen molar-refractivity contribution >= 4 is 11.0 Å². The van der Waals surface area contributed by atoms with E-state index in [1.807, 2.05) is 18.2 Å². The number of ether oxygens (including phenoxy) is 1. The van der Waals surface area contributed by atoms with Crippen LogP contribution in [0.1, 0.15) is 32.1 Å². The number of fused-ring (bicyclic) bond motifs is 1. The molecule has 1 saturated heterocycles. The van der Waals surface area contributed by atoms with Gasteiger partial charge in [-0.1, -0.05) is 18.2 Å². The summed E-state index contributed by atoms with van der Waals surface area (Å²) < 4.78 is 11.5. The molecule has 2 aromatic rings. The molecule has 3 rings (SSSR count). The van der Waals surface area contributed by atoms with Gasteiger partial charge in [-0.15, -0.1) is 0 Å². The minimum Gasteiger partial charge on any atom is -0.459 e. The van der Waals surface area contributed by atoms with E-state index in [1.54, 1.807) is 0 Å². The second kappa shape index (κ2) is 5.35. The van der Waals surface area contributed by atoms with Gasteiger partial charge in [-0.25, -0.2) is 0 Å². The number of hydrogen-bond acceptors (Lipinski definition) is 3. The van der Waals surface area contributed by atoms with Gasteiger partial charge >= 0.3 is 0 Å². The first-order chi connectivity index (χ1) is 9.24. The summed E-state index contributed by atoms with van der Waals surface area (Å²) in [5, 5.41) is 4.73. The van der Waals surface area contributed by atoms with Crippen molar-refractivity contribution in [3.8, 4) is 0 Å². The maximum atomic E-state index is 5.88. The van der Waals surface area contributed by atoms with Gasteiger partial charge in [-0.05, 0) is 38.3 Å². The highest BCUT2D eigenvalue weighted by atomic mass is 16.5. The van der Waals surface area contributed by atoms with Gasteiger partial charge in [0.1, 0.15) is 11.3 Å². The second-order valence-corrected chi connectivity index (χ2v) is 5.44. The summed E-state index contributed by atoms with van der Waals surface area (Å²) in [4.78, 5) is 0. The molecule has 1 fully saturated rings. The average Bonchev–Trinajstić information content (AvgIpc) is 3.01. The van der Waals surface area contributed by atoms with Crippen LogP contribution in [0.4, 0.5) is 0 Å². The molecule has 1 N–H and O–H groups in total. The van der Waals surface area contributed by atoms with Crippen LogP contribution in [0.25, 0.3) is 11.0 Å². The molecule has 1 aliphatic rings. The first-order valence-electron chi connectivity index (χ1n) is 7.07. The zero-order chi connectivity index (χ0) is 13.2. The first-order valence-corrected chi connectivity index (χ1v) is 7.07. The van der Waals surface area contributed by atoms with Gasteiger partial charge in [0.15, 0.2) is 0 Å². The molecule has 2 heterocycles. The van der Waals surface area contributed by atoms with Crippen molar-refractivity contribution in [1.82, 2.24) is 5.32 Å². The largest absolute Gasteiger partial charge is 0.459 e. The zero-order valence-electron chi connectivity index (χ0n) is 11.6. The molecular formula is C16H21NO2. The van der Waals surface area contributed by atoms with Crippen molar-refractivity contribution in [2.45, 2.75) is 32.4 Å². The Morgan fingerprint density at radius 3 is 2.95 bits per heavy atom. The Bertz CT molecular complexity index is 515. The van der Waals surface area contributed by atoms with Crippen molar-refractivity contribution in [2.24, 2.45) is 5.92 Å². The molecule has 0 radical (unpaired) electrons. The normalized spacial score (nSPS) is 24.9. The van der Waals surface area contributed by atoms with Gasteiger partial charge in [-0.3, -0.25) is 0 Å². The molecule has 3 unspecified atom stereocenters. The van der Waals surface area contributed by atoms with Crippen LogP contribution in [0.2, 0.25) is 0 Å². The van der Waals surface area contributed by atoms with Crippen molar-refractivity contribution in [3.05, 3.63) is 36.1 Å². The highest BCUT2D eigenvalue weighted by molar-refractivity contribution is 5.77. The average molecular weight is 259 g/mol. The number of hydrogen-bond donors (Lipinski definition) is 1. The Kier molecular flexibility index (Phi) is 3.58. The van der Waals surface area contributed by atoms with Crippen LogP contribution in [0.3, 0.4) is 0 Å². The Labute approximate surface area is 113 Å². The van der Waals surface area contributed by atoms with E-state index < -0.39 is 0 Å². The van der Waals surface area contributed by atoms with E-state index in [-0.39, 0.29) is 6.04 Å². The zero-order valence-corrected chi connectivity index (χ0v) is 11.6. The summed E-state index contributed by atoms with van der Waals surface area (Å²) in [5.41, 5.74) is 0.962. The third-order valence-electron chi connectivity index (χ3n) is 4.09. The topological polar surface area (TPSA) is 34.4 Å².